The molecule has 0 spiro atoms. The zero-order valence-electron chi connectivity index (χ0n) is 18.9. The number of fused-ring (bicyclic) bond motifs is 1. The van der Waals surface area contributed by atoms with Gasteiger partial charge in [0.05, 0.1) is 6.10 Å². The molecule has 166 valence electrons. The summed E-state index contributed by atoms with van der Waals surface area (Å²) in [7, 11) is 0. The fourth-order valence-electron chi connectivity index (χ4n) is 7.12. The average molecular weight is 406 g/mol. The van der Waals surface area contributed by atoms with Crippen molar-refractivity contribution >= 4 is 5.91 Å². The van der Waals surface area contributed by atoms with E-state index in [1.165, 1.54) is 12.0 Å². The van der Waals surface area contributed by atoms with E-state index in [1.54, 1.807) is 0 Å². The predicted molar refractivity (Wildman–Crippen MR) is 117 cm³/mol. The van der Waals surface area contributed by atoms with Crippen LogP contribution in [-0.4, -0.2) is 35.4 Å². The van der Waals surface area contributed by atoms with E-state index in [-0.39, 0.29) is 35.4 Å². The van der Waals surface area contributed by atoms with Gasteiger partial charge in [0.2, 0.25) is 5.91 Å². The smallest absolute Gasteiger partial charge is 0.220 e. The highest BCUT2D eigenvalue weighted by Gasteiger charge is 2.56. The zero-order chi connectivity index (χ0) is 21.2. The Morgan fingerprint density at radius 3 is 2.66 bits per heavy atom. The monoisotopic (exact) mass is 405 g/mol. The molecule has 3 rings (SSSR count). The first kappa shape index (κ1) is 22.8. The van der Waals surface area contributed by atoms with Crippen molar-refractivity contribution in [3.63, 3.8) is 0 Å². The number of carbonyl (C=O) groups excluding carboxylic acids is 1. The van der Waals surface area contributed by atoms with Crippen molar-refractivity contribution in [1.29, 1.82) is 0 Å². The molecule has 0 aromatic carbocycles. The van der Waals surface area contributed by atoms with E-state index in [0.717, 1.165) is 51.5 Å². The second-order valence-corrected chi connectivity index (χ2v) is 10.7. The summed E-state index contributed by atoms with van der Waals surface area (Å²) in [6.45, 7) is 12.2. The number of rotatable bonds is 7. The first-order chi connectivity index (χ1) is 13.8. The normalized spacial score (nSPS) is 42.5. The van der Waals surface area contributed by atoms with E-state index < -0.39 is 0 Å². The molecule has 0 unspecified atom stereocenters. The molecule has 3 N–H and O–H groups in total. The molecule has 0 bridgehead atoms. The van der Waals surface area contributed by atoms with Crippen LogP contribution in [0.2, 0.25) is 0 Å². The van der Waals surface area contributed by atoms with Gasteiger partial charge in [-0.15, -0.1) is 0 Å². The Balaban J connectivity index is 1.84. The van der Waals surface area contributed by atoms with Crippen LogP contribution in [0.3, 0.4) is 0 Å². The van der Waals surface area contributed by atoms with Crippen molar-refractivity contribution in [1.82, 2.24) is 5.32 Å². The van der Waals surface area contributed by atoms with Crippen LogP contribution in [0.15, 0.2) is 12.2 Å². The summed E-state index contributed by atoms with van der Waals surface area (Å²) in [5.74, 6) is 1.78. The predicted octanol–water partition coefficient (Wildman–Crippen LogP) is 4.45. The van der Waals surface area contributed by atoms with Crippen molar-refractivity contribution < 1.29 is 15.0 Å². The van der Waals surface area contributed by atoms with Gasteiger partial charge in [0.15, 0.2) is 0 Å². The number of hydrogen-bond donors (Lipinski definition) is 3. The highest BCUT2D eigenvalue weighted by Crippen LogP contribution is 2.63. The number of nitrogens with one attached hydrogen (secondary N) is 1. The van der Waals surface area contributed by atoms with E-state index in [4.69, 9.17) is 0 Å². The number of carbonyl (C=O) groups is 1. The molecule has 0 aromatic heterocycles. The van der Waals surface area contributed by atoms with Gasteiger partial charge in [-0.25, -0.2) is 0 Å². The number of unbranched alkanes of at least 4 members (excludes halogenated alkanes) is 1. The molecule has 3 saturated carbocycles. The minimum atomic E-state index is -0.285. The molecule has 3 fully saturated rings. The summed E-state index contributed by atoms with van der Waals surface area (Å²) >= 11 is 0. The maximum Gasteiger partial charge on any atom is 0.220 e. The molecule has 0 radical (unpaired) electrons. The van der Waals surface area contributed by atoms with Gasteiger partial charge in [-0.2, -0.15) is 0 Å². The third-order valence-electron chi connectivity index (χ3n) is 9.26. The largest absolute Gasteiger partial charge is 0.396 e. The molecule has 3 aliphatic rings. The van der Waals surface area contributed by atoms with Crippen molar-refractivity contribution in [2.45, 2.75) is 91.1 Å². The second kappa shape index (κ2) is 9.09. The van der Waals surface area contributed by atoms with Gasteiger partial charge in [-0.1, -0.05) is 39.3 Å². The SMILES string of the molecule is C=C1CC[C@H]2[C@H](CNC(=O)CCCC)[C@@H]([C@]3(C)CC[C@H](O)C[C@@H]3CO)CC[C@]12C. The Kier molecular flexibility index (Phi) is 7.15. The van der Waals surface area contributed by atoms with Crippen molar-refractivity contribution in [3.8, 4) is 0 Å². The fraction of sp³-hybridized carbons (Fsp3) is 0.880. The highest BCUT2D eigenvalue weighted by molar-refractivity contribution is 5.75. The summed E-state index contributed by atoms with van der Waals surface area (Å²) in [4.78, 5) is 12.4. The van der Waals surface area contributed by atoms with E-state index in [2.05, 4.69) is 32.7 Å². The van der Waals surface area contributed by atoms with Crippen molar-refractivity contribution in [2.24, 2.45) is 34.5 Å². The van der Waals surface area contributed by atoms with E-state index in [0.29, 0.717) is 30.6 Å². The third-order valence-corrected chi connectivity index (χ3v) is 9.26. The van der Waals surface area contributed by atoms with E-state index in [9.17, 15) is 15.0 Å². The average Bonchev–Trinajstić information content (AvgIpc) is 3.01. The fourth-order valence-corrected chi connectivity index (χ4v) is 7.12. The van der Waals surface area contributed by atoms with Crippen molar-refractivity contribution in [2.75, 3.05) is 13.2 Å². The molecular weight excluding hydrogens is 362 g/mol. The molecule has 0 aliphatic heterocycles. The van der Waals surface area contributed by atoms with E-state index in [1.807, 2.05) is 0 Å². The molecule has 3 aliphatic carbocycles. The Labute approximate surface area is 177 Å². The lowest BCUT2D eigenvalue weighted by molar-refractivity contribution is -0.123. The minimum absolute atomic E-state index is 0.0258. The third kappa shape index (κ3) is 4.30. The molecule has 4 heteroatoms. The second-order valence-electron chi connectivity index (χ2n) is 10.7. The molecule has 1 amide bonds. The van der Waals surface area contributed by atoms with E-state index >= 15 is 0 Å². The molecule has 0 aromatic rings. The molecule has 29 heavy (non-hydrogen) atoms. The number of hydrogen-bond acceptors (Lipinski definition) is 3. The van der Waals surface area contributed by atoms with Crippen LogP contribution < -0.4 is 5.32 Å². The van der Waals surface area contributed by atoms with Crippen LogP contribution >= 0.6 is 0 Å². The van der Waals surface area contributed by atoms with Crippen LogP contribution in [0.25, 0.3) is 0 Å². The number of amides is 1. The zero-order valence-corrected chi connectivity index (χ0v) is 18.9. The van der Waals surface area contributed by atoms with Crippen LogP contribution in [0.5, 0.6) is 0 Å². The molecule has 0 heterocycles. The van der Waals surface area contributed by atoms with Crippen LogP contribution in [0.1, 0.15) is 85.0 Å². The standard InChI is InChI=1S/C25H43NO3/c1-5-6-7-23(29)26-15-20-21-9-8-17(2)24(21,3)13-11-22(20)25(4)12-10-19(28)14-18(25)16-27/h18-22,27-28H,2,5-16H2,1,3-4H3,(H,26,29)/t18-,19+,20+,21+,22+,24-,25-/m1/s1. The Bertz CT molecular complexity index is 605. The Morgan fingerprint density at radius 2 is 1.97 bits per heavy atom. The van der Waals surface area contributed by atoms with Gasteiger partial charge in [-0.05, 0) is 85.9 Å². The van der Waals surface area contributed by atoms with Gasteiger partial charge in [0.1, 0.15) is 0 Å². The number of aliphatic hydroxyl groups excluding tert-OH is 2. The van der Waals surface area contributed by atoms with Gasteiger partial charge >= 0.3 is 0 Å². The molecular formula is C25H43NO3. The lowest BCUT2D eigenvalue weighted by atomic mass is 9.49. The van der Waals surface area contributed by atoms with Gasteiger partial charge in [-0.3, -0.25) is 4.79 Å². The Morgan fingerprint density at radius 1 is 1.21 bits per heavy atom. The topological polar surface area (TPSA) is 69.6 Å². The van der Waals surface area contributed by atoms with Crippen LogP contribution in [0.4, 0.5) is 0 Å². The van der Waals surface area contributed by atoms with Gasteiger partial charge in [0.25, 0.3) is 0 Å². The summed E-state index contributed by atoms with van der Waals surface area (Å²) in [6, 6.07) is 0. The van der Waals surface area contributed by atoms with Gasteiger partial charge in [0, 0.05) is 19.6 Å². The maximum atomic E-state index is 12.4. The molecule has 0 saturated heterocycles. The molecule has 4 nitrogen and oxygen atoms in total. The summed E-state index contributed by atoms with van der Waals surface area (Å²) in [5.41, 5.74) is 1.61. The highest BCUT2D eigenvalue weighted by atomic mass is 16.3. The maximum absolute atomic E-state index is 12.4. The Hall–Kier alpha value is -0.870. The summed E-state index contributed by atoms with van der Waals surface area (Å²) in [6.07, 6.45) is 9.38. The number of aliphatic hydroxyl groups is 2. The first-order valence-corrected chi connectivity index (χ1v) is 12.0. The van der Waals surface area contributed by atoms with Crippen LogP contribution in [0, 0.1) is 34.5 Å². The lowest BCUT2D eigenvalue weighted by Crippen LogP contribution is -2.53. The minimum Gasteiger partial charge on any atom is -0.396 e. The summed E-state index contributed by atoms with van der Waals surface area (Å²) < 4.78 is 0. The van der Waals surface area contributed by atoms with Crippen molar-refractivity contribution in [3.05, 3.63) is 12.2 Å². The lowest BCUT2D eigenvalue weighted by Gasteiger charge is -2.56. The summed E-state index contributed by atoms with van der Waals surface area (Å²) in [5, 5.41) is 23.7. The quantitative estimate of drug-likeness (QED) is 0.548. The van der Waals surface area contributed by atoms with Crippen LogP contribution in [-0.2, 0) is 4.79 Å². The number of allylic oxidation sites excluding steroid dienone is 1. The van der Waals surface area contributed by atoms with Gasteiger partial charge < -0.3 is 15.5 Å². The molecule has 7 atom stereocenters. The first-order valence-electron chi connectivity index (χ1n) is 12.0.